The Hall–Kier alpha value is -0.770. The van der Waals surface area contributed by atoms with Crippen LogP contribution in [0.3, 0.4) is 0 Å². The maximum Gasteiger partial charge on any atom is 0.305 e. The van der Waals surface area contributed by atoms with E-state index in [1.807, 2.05) is 0 Å². The van der Waals surface area contributed by atoms with Crippen molar-refractivity contribution in [2.75, 3.05) is 52.9 Å². The van der Waals surface area contributed by atoms with Gasteiger partial charge in [-0.2, -0.15) is 0 Å². The minimum absolute atomic E-state index is 0.146. The number of carbonyl (C=O) groups excluding carboxylic acids is 1. The molecule has 0 fully saturated rings. The molecule has 0 saturated heterocycles. The summed E-state index contributed by atoms with van der Waals surface area (Å²) in [6, 6.07) is 0. The Morgan fingerprint density at radius 2 is 1.07 bits per heavy atom. The van der Waals surface area contributed by atoms with Gasteiger partial charge in [0.25, 0.3) is 0 Å². The minimum atomic E-state index is -1.21. The third kappa shape index (κ3) is 12.2. The monoisotopic (exact) mass is 436 g/mol. The predicted octanol–water partition coefficient (Wildman–Crippen LogP) is 1.40. The van der Waals surface area contributed by atoms with Crippen molar-refractivity contribution in [3.8, 4) is 0 Å². The maximum atomic E-state index is 12.0. The Bertz CT molecular complexity index is 400. The SMILES string of the molecule is CCCCCCCCCCCC(=O)OCC(CO)(CO)COCC(CO)(CO)CO. The van der Waals surface area contributed by atoms with Gasteiger partial charge in [-0.1, -0.05) is 58.3 Å². The van der Waals surface area contributed by atoms with Gasteiger partial charge in [-0.3, -0.25) is 4.79 Å². The molecule has 0 bridgehead atoms. The highest BCUT2D eigenvalue weighted by Crippen LogP contribution is 2.21. The van der Waals surface area contributed by atoms with E-state index in [0.717, 1.165) is 19.3 Å². The highest BCUT2D eigenvalue weighted by molar-refractivity contribution is 5.69. The molecule has 0 heterocycles. The van der Waals surface area contributed by atoms with Gasteiger partial charge in [-0.25, -0.2) is 0 Å². The lowest BCUT2D eigenvalue weighted by atomic mass is 9.90. The first-order chi connectivity index (χ1) is 14.5. The Morgan fingerprint density at radius 1 is 0.633 bits per heavy atom. The van der Waals surface area contributed by atoms with Gasteiger partial charge in [-0.05, 0) is 6.42 Å². The highest BCUT2D eigenvalue weighted by Gasteiger charge is 2.34. The zero-order valence-electron chi connectivity index (χ0n) is 18.7. The molecule has 180 valence electrons. The Morgan fingerprint density at radius 3 is 1.53 bits per heavy atom. The van der Waals surface area contributed by atoms with Crippen LogP contribution in [0.4, 0.5) is 0 Å². The van der Waals surface area contributed by atoms with Crippen LogP contribution >= 0.6 is 0 Å². The second-order valence-electron chi connectivity index (χ2n) is 8.52. The second-order valence-corrected chi connectivity index (χ2v) is 8.52. The zero-order chi connectivity index (χ0) is 22.7. The van der Waals surface area contributed by atoms with Crippen LogP contribution in [0.25, 0.3) is 0 Å². The van der Waals surface area contributed by atoms with Crippen LogP contribution in [0.5, 0.6) is 0 Å². The van der Waals surface area contributed by atoms with Crippen molar-refractivity contribution in [1.29, 1.82) is 0 Å². The Kier molecular flexibility index (Phi) is 17.4. The zero-order valence-corrected chi connectivity index (χ0v) is 18.7. The largest absolute Gasteiger partial charge is 0.465 e. The molecular formula is C22H44O8. The first kappa shape index (κ1) is 29.2. The van der Waals surface area contributed by atoms with E-state index in [0.29, 0.717) is 6.42 Å². The van der Waals surface area contributed by atoms with E-state index in [2.05, 4.69) is 6.92 Å². The summed E-state index contributed by atoms with van der Waals surface area (Å²) >= 11 is 0. The summed E-state index contributed by atoms with van der Waals surface area (Å²) in [4.78, 5) is 12.0. The second kappa shape index (κ2) is 17.9. The van der Waals surface area contributed by atoms with Crippen LogP contribution in [-0.2, 0) is 14.3 Å². The lowest BCUT2D eigenvalue weighted by Crippen LogP contribution is -2.44. The topological polar surface area (TPSA) is 137 Å². The fourth-order valence-electron chi connectivity index (χ4n) is 2.93. The molecule has 0 aromatic heterocycles. The summed E-state index contributed by atoms with van der Waals surface area (Å²) in [7, 11) is 0. The predicted molar refractivity (Wildman–Crippen MR) is 114 cm³/mol. The fourth-order valence-corrected chi connectivity index (χ4v) is 2.93. The van der Waals surface area contributed by atoms with E-state index < -0.39 is 43.9 Å². The highest BCUT2D eigenvalue weighted by atomic mass is 16.5. The number of aliphatic hydroxyl groups excluding tert-OH is 5. The van der Waals surface area contributed by atoms with Crippen LogP contribution in [-0.4, -0.2) is 84.4 Å². The summed E-state index contributed by atoms with van der Waals surface area (Å²) in [6.07, 6.45) is 10.7. The van der Waals surface area contributed by atoms with Crippen molar-refractivity contribution in [3.63, 3.8) is 0 Å². The first-order valence-electron chi connectivity index (χ1n) is 11.2. The van der Waals surface area contributed by atoms with E-state index in [4.69, 9.17) is 9.47 Å². The molecule has 8 nitrogen and oxygen atoms in total. The number of aliphatic hydroxyl groups is 5. The third-order valence-electron chi connectivity index (χ3n) is 5.52. The maximum absolute atomic E-state index is 12.0. The van der Waals surface area contributed by atoms with Gasteiger partial charge in [0, 0.05) is 6.42 Å². The molecule has 0 atom stereocenters. The molecule has 0 rings (SSSR count). The Balaban J connectivity index is 4.13. The summed E-state index contributed by atoms with van der Waals surface area (Å²) in [5, 5.41) is 47.3. The number of rotatable bonds is 21. The van der Waals surface area contributed by atoms with E-state index in [1.165, 1.54) is 38.5 Å². The van der Waals surface area contributed by atoms with Crippen molar-refractivity contribution in [1.82, 2.24) is 0 Å². The van der Waals surface area contributed by atoms with Crippen molar-refractivity contribution in [2.45, 2.75) is 71.1 Å². The molecule has 0 aliphatic rings. The summed E-state index contributed by atoms with van der Waals surface area (Å²) < 4.78 is 10.7. The fraction of sp³-hybridized carbons (Fsp3) is 0.955. The van der Waals surface area contributed by atoms with Crippen LogP contribution in [0.1, 0.15) is 71.1 Å². The van der Waals surface area contributed by atoms with Gasteiger partial charge in [0.05, 0.1) is 57.1 Å². The van der Waals surface area contributed by atoms with E-state index in [-0.39, 0.29) is 25.8 Å². The molecule has 0 saturated carbocycles. The van der Waals surface area contributed by atoms with E-state index >= 15 is 0 Å². The molecule has 0 amide bonds. The van der Waals surface area contributed by atoms with Gasteiger partial charge >= 0.3 is 5.97 Å². The van der Waals surface area contributed by atoms with Crippen molar-refractivity contribution in [3.05, 3.63) is 0 Å². The molecule has 0 aromatic carbocycles. The van der Waals surface area contributed by atoms with Gasteiger partial charge in [0.2, 0.25) is 0 Å². The van der Waals surface area contributed by atoms with Crippen molar-refractivity contribution < 1.29 is 39.8 Å². The molecular weight excluding hydrogens is 392 g/mol. The molecule has 0 aliphatic heterocycles. The summed E-state index contributed by atoms with van der Waals surface area (Å²) in [5.74, 6) is -0.375. The van der Waals surface area contributed by atoms with Crippen LogP contribution in [0.15, 0.2) is 0 Å². The normalized spacial score (nSPS) is 12.3. The number of esters is 1. The van der Waals surface area contributed by atoms with Gasteiger partial charge < -0.3 is 35.0 Å². The Labute approximate surface area is 181 Å². The standard InChI is InChI=1S/C22H44O8/c1-2-3-4-5-6-7-8-9-10-11-20(28)30-19-22(15-26,16-27)18-29-17-21(12-23,13-24)14-25/h23-27H,2-19H2,1H3. The van der Waals surface area contributed by atoms with Gasteiger partial charge in [0.15, 0.2) is 0 Å². The average Bonchev–Trinajstić information content (AvgIpc) is 2.78. The van der Waals surface area contributed by atoms with Crippen LogP contribution < -0.4 is 0 Å². The third-order valence-corrected chi connectivity index (χ3v) is 5.52. The minimum Gasteiger partial charge on any atom is -0.465 e. The lowest BCUT2D eigenvalue weighted by molar-refractivity contribution is -0.154. The number of ether oxygens (including phenoxy) is 2. The number of carbonyl (C=O) groups is 1. The molecule has 0 radical (unpaired) electrons. The molecule has 0 unspecified atom stereocenters. The number of unbranched alkanes of at least 4 members (excludes halogenated alkanes) is 8. The molecule has 0 spiro atoms. The first-order valence-corrected chi connectivity index (χ1v) is 11.2. The van der Waals surface area contributed by atoms with Crippen molar-refractivity contribution in [2.24, 2.45) is 10.8 Å². The molecule has 30 heavy (non-hydrogen) atoms. The van der Waals surface area contributed by atoms with E-state index in [9.17, 15) is 30.3 Å². The summed E-state index contributed by atoms with van der Waals surface area (Å²) in [6.45, 7) is -0.638. The lowest BCUT2D eigenvalue weighted by Gasteiger charge is -2.32. The van der Waals surface area contributed by atoms with Crippen LogP contribution in [0, 0.1) is 10.8 Å². The molecule has 0 aliphatic carbocycles. The van der Waals surface area contributed by atoms with Crippen LogP contribution in [0.2, 0.25) is 0 Å². The number of hydrogen-bond donors (Lipinski definition) is 5. The van der Waals surface area contributed by atoms with Crippen molar-refractivity contribution >= 4 is 5.97 Å². The average molecular weight is 437 g/mol. The summed E-state index contributed by atoms with van der Waals surface area (Å²) in [5.41, 5.74) is -2.39. The van der Waals surface area contributed by atoms with Gasteiger partial charge in [-0.15, -0.1) is 0 Å². The smallest absolute Gasteiger partial charge is 0.305 e. The molecule has 8 heteroatoms. The quantitative estimate of drug-likeness (QED) is 0.135. The van der Waals surface area contributed by atoms with Gasteiger partial charge in [0.1, 0.15) is 6.61 Å². The molecule has 0 aromatic rings. The molecule has 5 N–H and O–H groups in total. The van der Waals surface area contributed by atoms with E-state index in [1.54, 1.807) is 0 Å². The number of hydrogen-bond acceptors (Lipinski definition) is 8.